The molecule has 6 nitrogen and oxygen atoms in total. The largest absolute Gasteiger partial charge is 0.358 e. The summed E-state index contributed by atoms with van der Waals surface area (Å²) in [6, 6.07) is 8.00. The molecule has 108 heavy (non-hydrogen) atoms. The van der Waals surface area contributed by atoms with Gasteiger partial charge in [0.15, 0.2) is 0 Å². The van der Waals surface area contributed by atoms with Gasteiger partial charge in [0.05, 0.1) is 153 Å². The van der Waals surface area contributed by atoms with Crippen LogP contribution in [0.4, 0.5) is 0 Å². The molecule has 12 fully saturated rings. The van der Waals surface area contributed by atoms with E-state index in [1.54, 1.807) is 0 Å². The van der Waals surface area contributed by atoms with Crippen molar-refractivity contribution < 1.29 is 26.9 Å². The van der Waals surface area contributed by atoms with Gasteiger partial charge in [-0.25, -0.2) is 0 Å². The van der Waals surface area contributed by atoms with Gasteiger partial charge in [-0.05, 0) is 296 Å². The van der Waals surface area contributed by atoms with Gasteiger partial charge in [0.25, 0.3) is 0 Å². The Balaban J connectivity index is 0.000000641. The normalized spacial score (nSPS) is 40.7. The molecule has 12 rings (SSSR count). The van der Waals surface area contributed by atoms with E-state index in [-0.39, 0.29) is 44.6 Å². The van der Waals surface area contributed by atoms with Gasteiger partial charge in [-0.1, -0.05) is 104 Å². The number of quaternary nitrogens is 6. The van der Waals surface area contributed by atoms with Crippen molar-refractivity contribution >= 4 is 0 Å². The molecule has 0 aliphatic carbocycles. The number of nitrogens with zero attached hydrogens (tertiary/aromatic N) is 6. The number of rotatable bonds is 0. The van der Waals surface area contributed by atoms with E-state index in [0.717, 1.165) is 143 Å². The second kappa shape index (κ2) is 49.2. The minimum atomic E-state index is 0. The molecule has 24 atom stereocenters. The lowest BCUT2D eigenvalue weighted by atomic mass is 9.80. The van der Waals surface area contributed by atoms with Crippen molar-refractivity contribution in [3.05, 3.63) is 44.6 Å². The summed E-state index contributed by atoms with van der Waals surface area (Å²) in [5, 5.41) is 0. The first kappa shape index (κ1) is 106. The van der Waals surface area contributed by atoms with Crippen LogP contribution in [0.25, 0.3) is 0 Å². The smallest absolute Gasteiger partial charge is 0.0892 e. The Morgan fingerprint density at radius 1 is 0.176 bits per heavy atom. The first-order valence-corrected chi connectivity index (χ1v) is 47.5. The van der Waals surface area contributed by atoms with Crippen molar-refractivity contribution in [3.8, 4) is 0 Å². The van der Waals surface area contributed by atoms with Crippen LogP contribution in [0.15, 0.2) is 0 Å². The van der Waals surface area contributed by atoms with Crippen LogP contribution < -0.4 is 0 Å². The Bertz CT molecular complexity index is 2180. The zero-order valence-corrected chi connectivity index (χ0v) is 80.5. The maximum absolute atomic E-state index is 2.55. The number of hydrogen-bond donors (Lipinski definition) is 0. The highest BCUT2D eigenvalue weighted by Gasteiger charge is 2.50. The lowest BCUT2D eigenvalue weighted by Crippen LogP contribution is -2.62. The van der Waals surface area contributed by atoms with Gasteiger partial charge >= 0.3 is 0 Å². The summed E-state index contributed by atoms with van der Waals surface area (Å²) >= 11 is 0. The third-order valence-corrected chi connectivity index (χ3v) is 36.6. The van der Waals surface area contributed by atoms with E-state index in [2.05, 4.69) is 166 Å². The van der Waals surface area contributed by atoms with E-state index >= 15 is 0 Å². The lowest BCUT2D eigenvalue weighted by Gasteiger charge is -2.49. The third-order valence-electron chi connectivity index (χ3n) is 36.6. The molecule has 12 aliphatic rings. The first-order valence-electron chi connectivity index (χ1n) is 47.5. The predicted molar refractivity (Wildman–Crippen MR) is 488 cm³/mol. The molecule has 0 saturated carbocycles. The molecule has 6 spiro atoms. The molecule has 648 valence electrons. The molecule has 6 heteroatoms. The fraction of sp³-hybridized carbons (Fsp3) is 0.941. The molecule has 12 saturated heterocycles. The molecule has 0 amide bonds. The molecule has 0 aromatic carbocycles. The zero-order chi connectivity index (χ0) is 74.8. The van der Waals surface area contributed by atoms with Gasteiger partial charge in [-0.3, -0.25) is 0 Å². The van der Waals surface area contributed by atoms with Gasteiger partial charge in [0.1, 0.15) is 0 Å². The van der Waals surface area contributed by atoms with E-state index in [4.69, 9.17) is 0 Å². The molecule has 0 bridgehead atoms. The molecule has 0 N–H and O–H groups in total. The van der Waals surface area contributed by atoms with Gasteiger partial charge in [-0.15, -0.1) is 0 Å². The second-order valence-electron chi connectivity index (χ2n) is 42.5. The minimum Gasteiger partial charge on any atom is -0.358 e. The summed E-state index contributed by atoms with van der Waals surface area (Å²) in [4.78, 5) is 0. The Kier molecular flexibility index (Phi) is 48.2. The highest BCUT2D eigenvalue weighted by atomic mass is 15.4. The van der Waals surface area contributed by atoms with Crippen LogP contribution in [0.5, 0.6) is 0 Å². The Hall–Kier alpha value is -0.240. The van der Waals surface area contributed by atoms with Crippen molar-refractivity contribution in [1.29, 1.82) is 0 Å². The van der Waals surface area contributed by atoms with E-state index in [0.29, 0.717) is 0 Å². The molecular weight excluding hydrogens is 1310 g/mol. The topological polar surface area (TPSA) is 0 Å². The lowest BCUT2D eigenvalue weighted by molar-refractivity contribution is -0.974. The zero-order valence-electron chi connectivity index (χ0n) is 80.5. The van der Waals surface area contributed by atoms with Crippen molar-refractivity contribution in [2.45, 2.75) is 432 Å². The molecule has 0 radical (unpaired) electrons. The van der Waals surface area contributed by atoms with Crippen molar-refractivity contribution in [2.24, 2.45) is 88.8 Å². The van der Waals surface area contributed by atoms with E-state index in [9.17, 15) is 0 Å². The molecular formula is C102H210N6. The summed E-state index contributed by atoms with van der Waals surface area (Å²) in [6.45, 7) is 82.1. The summed E-state index contributed by atoms with van der Waals surface area (Å²) in [7, 11) is 0. The summed E-state index contributed by atoms with van der Waals surface area (Å²) in [5.41, 5.74) is 0. The van der Waals surface area contributed by atoms with Crippen molar-refractivity contribution in [1.82, 2.24) is 0 Å². The Labute approximate surface area is 686 Å². The van der Waals surface area contributed by atoms with Crippen molar-refractivity contribution in [3.63, 3.8) is 0 Å². The summed E-state index contributed by atoms with van der Waals surface area (Å²) < 4.78 is 8.71. The predicted octanol–water partition coefficient (Wildman–Crippen LogP) is 27.6. The van der Waals surface area contributed by atoms with Crippen LogP contribution >= 0.6 is 0 Å². The molecule has 12 aliphatic heterocycles. The Morgan fingerprint density at radius 3 is 0.861 bits per heavy atom. The van der Waals surface area contributed by atoms with Crippen LogP contribution in [0.1, 0.15) is 378 Å². The Morgan fingerprint density at radius 2 is 0.472 bits per heavy atom. The van der Waals surface area contributed by atoms with Crippen LogP contribution in [0.2, 0.25) is 0 Å². The molecule has 0 aromatic heterocycles. The molecule has 24 unspecified atom stereocenters. The first-order chi connectivity index (χ1) is 48.4. The van der Waals surface area contributed by atoms with Gasteiger partial charge in [0, 0.05) is 67.1 Å². The van der Waals surface area contributed by atoms with Gasteiger partial charge in [0.2, 0.25) is 0 Å². The van der Waals surface area contributed by atoms with Crippen LogP contribution in [0.3, 0.4) is 0 Å². The van der Waals surface area contributed by atoms with Crippen LogP contribution in [-0.2, 0) is 0 Å². The van der Waals surface area contributed by atoms with E-state index in [1.807, 2.05) is 0 Å². The standard InChI is InChI=1S/6C16H32N.6CH3/c1-13-9-10-14(2)17(16(4)15(13)3)11-7-5-6-8-12-17;1-13-9-10-14(2)16(4)17(15(13)3)11-7-5-6-8-12-17;1-13-11-17(9-7-5-6-8-10-17)12-14(2)16(4)15(13)3;1-13-11-15(3)17(12-14(2)16(13)4)9-7-5-6-8-10-17;1-13-11-15(3)17(16(4)12-14(13)2)9-7-5-6-8-10-17;1-13-11-14(2)16(4)17(15(3)12-13)9-7-5-6-8-10-17;;;;;;/h6*13-16H,5-12H2,1-4H3;6*1H3/q6*+1;6*-1. The average Bonchev–Trinajstić information content (AvgIpc) is 1.26. The third kappa shape index (κ3) is 26.6. The highest BCUT2D eigenvalue weighted by molar-refractivity contribution is 4.84. The van der Waals surface area contributed by atoms with Gasteiger partial charge in [-0.2, -0.15) is 0 Å². The highest BCUT2D eigenvalue weighted by Crippen LogP contribution is 2.45. The van der Waals surface area contributed by atoms with E-state index in [1.165, 1.54) is 337 Å². The van der Waals surface area contributed by atoms with Crippen molar-refractivity contribution in [2.75, 3.05) is 98.2 Å². The van der Waals surface area contributed by atoms with Crippen LogP contribution in [0, 0.1) is 133 Å². The average molecular weight is 1520 g/mol. The monoisotopic (exact) mass is 1520 g/mol. The fourth-order valence-electron chi connectivity index (χ4n) is 27.1. The maximum atomic E-state index is 2.55. The van der Waals surface area contributed by atoms with Gasteiger partial charge < -0.3 is 71.5 Å². The van der Waals surface area contributed by atoms with E-state index < -0.39 is 0 Å². The minimum absolute atomic E-state index is 0. The van der Waals surface area contributed by atoms with Crippen LogP contribution in [-0.4, -0.2) is 179 Å². The summed E-state index contributed by atoms with van der Waals surface area (Å²) in [5.74, 6) is 13.7. The molecule has 0 aromatic rings. The maximum Gasteiger partial charge on any atom is 0.0892 e. The quantitative estimate of drug-likeness (QED) is 0.168. The number of hydrogen-bond acceptors (Lipinski definition) is 0. The molecule has 12 heterocycles. The SMILES string of the molecule is CC1CC(C)C(C)[N+]2(CCCCCC2)C(C)C1.CC1CC(C)[N+]2(CCCCCC2)C(C)CC1C.CC1CC(C)[N+]2(CCCCCC2)CC(C)C1C.CC1CCC(C)C(C)[N+]2(CCCCCC2)C1C.CC1CCC(C)[N+]2(CCCCCC2)C(C)C1C.CC1C[N+]2(CCCCCC2)CC(C)C(C)C1C.[CH3-].[CH3-].[CH3-].[CH3-].[CH3-].[CH3-]. The fourth-order valence-corrected chi connectivity index (χ4v) is 27.1. The second-order valence-corrected chi connectivity index (χ2v) is 42.5. The summed E-state index contributed by atoms with van der Waals surface area (Å²) in [6.07, 6.45) is 48.4.